The van der Waals surface area contributed by atoms with Gasteiger partial charge in [-0.2, -0.15) is 17.5 Å². The summed E-state index contributed by atoms with van der Waals surface area (Å²) in [6.07, 6.45) is -5.01. The molecule has 0 spiro atoms. The third kappa shape index (κ3) is 4.08. The molecule has 1 aromatic heterocycles. The first-order valence-electron chi connectivity index (χ1n) is 7.22. The molecule has 0 amide bonds. The lowest BCUT2D eigenvalue weighted by molar-refractivity contribution is -0.137. The monoisotopic (exact) mass is 455 g/mol. The van der Waals surface area contributed by atoms with Gasteiger partial charge in [0.1, 0.15) is 4.21 Å². The molecule has 0 saturated carbocycles. The zero-order valence-corrected chi connectivity index (χ0v) is 15.9. The van der Waals surface area contributed by atoms with Crippen molar-refractivity contribution in [1.82, 2.24) is 4.31 Å². The van der Waals surface area contributed by atoms with Gasteiger partial charge in [0.25, 0.3) is 10.0 Å². The van der Waals surface area contributed by atoms with Gasteiger partial charge >= 0.3 is 6.18 Å². The number of morpholine rings is 1. The standard InChI is InChI=1S/C15H13BrF3NO3S2/c16-13-5-6-14(24-13)25(21,22)20-7-8-23-12(9-20)10-1-3-11(4-2-10)15(17,18)19/h1-6,12H,7-9H2. The highest BCUT2D eigenvalue weighted by molar-refractivity contribution is 9.11. The Balaban J connectivity index is 1.79. The zero-order valence-electron chi connectivity index (χ0n) is 12.7. The first-order valence-corrected chi connectivity index (χ1v) is 10.3. The SMILES string of the molecule is O=S(=O)(c1ccc(Br)s1)N1CCOC(c2ccc(C(F)(F)F)cc2)C1. The van der Waals surface area contributed by atoms with Gasteiger partial charge in [0, 0.05) is 13.1 Å². The molecule has 1 unspecified atom stereocenters. The van der Waals surface area contributed by atoms with Crippen LogP contribution in [0.4, 0.5) is 13.2 Å². The summed E-state index contributed by atoms with van der Waals surface area (Å²) in [5.74, 6) is 0. The Morgan fingerprint density at radius 3 is 2.40 bits per heavy atom. The second-order valence-corrected chi connectivity index (χ2v) is 10.0. The molecule has 0 aliphatic carbocycles. The van der Waals surface area contributed by atoms with Crippen LogP contribution < -0.4 is 0 Å². The maximum absolute atomic E-state index is 12.7. The topological polar surface area (TPSA) is 46.6 Å². The van der Waals surface area contributed by atoms with Crippen molar-refractivity contribution in [1.29, 1.82) is 0 Å². The normalized spacial score (nSPS) is 19.9. The van der Waals surface area contributed by atoms with E-state index in [9.17, 15) is 21.6 Å². The third-order valence-corrected chi connectivity index (χ3v) is 7.74. The van der Waals surface area contributed by atoms with Crippen LogP contribution >= 0.6 is 27.3 Å². The molecule has 0 N–H and O–H groups in total. The summed E-state index contributed by atoms with van der Waals surface area (Å²) in [6, 6.07) is 7.78. The maximum atomic E-state index is 12.7. The van der Waals surface area contributed by atoms with Crippen molar-refractivity contribution in [3.05, 3.63) is 51.3 Å². The van der Waals surface area contributed by atoms with Crippen LogP contribution in [-0.2, 0) is 20.9 Å². The van der Waals surface area contributed by atoms with E-state index in [0.29, 0.717) is 9.35 Å². The molecule has 10 heteroatoms. The van der Waals surface area contributed by atoms with E-state index >= 15 is 0 Å². The summed E-state index contributed by atoms with van der Waals surface area (Å²) in [5, 5.41) is 0. The number of halogens is 4. The highest BCUT2D eigenvalue weighted by atomic mass is 79.9. The summed E-state index contributed by atoms with van der Waals surface area (Å²) in [5.41, 5.74) is -0.236. The van der Waals surface area contributed by atoms with E-state index in [0.717, 1.165) is 23.5 Å². The quantitative estimate of drug-likeness (QED) is 0.693. The Labute approximate surface area is 155 Å². The maximum Gasteiger partial charge on any atom is 0.416 e. The average Bonchev–Trinajstić information content (AvgIpc) is 3.02. The lowest BCUT2D eigenvalue weighted by atomic mass is 10.1. The summed E-state index contributed by atoms with van der Waals surface area (Å²) >= 11 is 4.35. The van der Waals surface area contributed by atoms with E-state index < -0.39 is 27.9 Å². The molecule has 136 valence electrons. The van der Waals surface area contributed by atoms with Crippen LogP contribution in [0.15, 0.2) is 44.4 Å². The molecular formula is C15H13BrF3NO3S2. The number of thiophene rings is 1. The van der Waals surface area contributed by atoms with Crippen molar-refractivity contribution in [2.75, 3.05) is 19.7 Å². The van der Waals surface area contributed by atoms with Crippen LogP contribution in [0.2, 0.25) is 0 Å². The summed E-state index contributed by atoms with van der Waals surface area (Å²) in [6.45, 7) is 0.440. The fourth-order valence-electron chi connectivity index (χ4n) is 2.50. The number of sulfonamides is 1. The van der Waals surface area contributed by atoms with Crippen LogP contribution in [0, 0.1) is 0 Å². The molecule has 0 radical (unpaired) electrons. The van der Waals surface area contributed by atoms with Gasteiger partial charge in [-0.3, -0.25) is 0 Å². The van der Waals surface area contributed by atoms with Gasteiger partial charge in [-0.05, 0) is 45.8 Å². The van der Waals surface area contributed by atoms with Crippen LogP contribution in [0.5, 0.6) is 0 Å². The van der Waals surface area contributed by atoms with E-state index in [1.807, 2.05) is 0 Å². The Morgan fingerprint density at radius 2 is 1.84 bits per heavy atom. The van der Waals surface area contributed by atoms with Crippen LogP contribution in [0.3, 0.4) is 0 Å². The van der Waals surface area contributed by atoms with Crippen molar-refractivity contribution in [2.24, 2.45) is 0 Å². The first-order chi connectivity index (χ1) is 11.7. The van der Waals surface area contributed by atoms with Gasteiger partial charge in [0.15, 0.2) is 0 Å². The lowest BCUT2D eigenvalue weighted by Gasteiger charge is -2.32. The summed E-state index contributed by atoms with van der Waals surface area (Å²) in [7, 11) is -3.65. The predicted molar refractivity (Wildman–Crippen MR) is 90.9 cm³/mol. The van der Waals surface area contributed by atoms with E-state index in [2.05, 4.69) is 15.9 Å². The van der Waals surface area contributed by atoms with Gasteiger partial charge in [-0.25, -0.2) is 8.42 Å². The highest BCUT2D eigenvalue weighted by Crippen LogP contribution is 2.33. The Morgan fingerprint density at radius 1 is 1.16 bits per heavy atom. The average molecular weight is 456 g/mol. The molecule has 0 bridgehead atoms. The van der Waals surface area contributed by atoms with E-state index in [4.69, 9.17) is 4.74 Å². The number of nitrogens with zero attached hydrogens (tertiary/aromatic N) is 1. The minimum Gasteiger partial charge on any atom is -0.371 e. The Bertz CT molecular complexity index is 850. The first kappa shape index (κ1) is 18.8. The predicted octanol–water partition coefficient (Wildman–Crippen LogP) is 4.29. The molecule has 1 aliphatic heterocycles. The smallest absolute Gasteiger partial charge is 0.371 e. The van der Waals surface area contributed by atoms with E-state index in [-0.39, 0.29) is 23.9 Å². The fraction of sp³-hybridized carbons (Fsp3) is 0.333. The second kappa shape index (κ2) is 6.99. The molecule has 1 saturated heterocycles. The lowest BCUT2D eigenvalue weighted by Crippen LogP contribution is -2.41. The van der Waals surface area contributed by atoms with Gasteiger partial charge in [0.05, 0.1) is 22.1 Å². The van der Waals surface area contributed by atoms with Crippen LogP contribution in [0.25, 0.3) is 0 Å². The Kier molecular flexibility index (Phi) is 5.27. The molecule has 1 aliphatic rings. The Hall–Kier alpha value is -0.940. The van der Waals surface area contributed by atoms with Crippen molar-refractivity contribution >= 4 is 37.3 Å². The fourth-order valence-corrected chi connectivity index (χ4v) is 6.08. The van der Waals surface area contributed by atoms with Crippen molar-refractivity contribution in [2.45, 2.75) is 16.5 Å². The number of hydrogen-bond donors (Lipinski definition) is 0. The van der Waals surface area contributed by atoms with Crippen molar-refractivity contribution in [3.8, 4) is 0 Å². The minimum atomic E-state index is -4.41. The molecule has 1 aromatic carbocycles. The van der Waals surface area contributed by atoms with Crippen molar-refractivity contribution < 1.29 is 26.3 Å². The van der Waals surface area contributed by atoms with Gasteiger partial charge in [-0.1, -0.05) is 12.1 Å². The largest absolute Gasteiger partial charge is 0.416 e. The van der Waals surface area contributed by atoms with E-state index in [1.165, 1.54) is 22.5 Å². The highest BCUT2D eigenvalue weighted by Gasteiger charge is 2.34. The zero-order chi connectivity index (χ0) is 18.2. The number of benzene rings is 1. The van der Waals surface area contributed by atoms with Crippen LogP contribution in [-0.4, -0.2) is 32.4 Å². The van der Waals surface area contributed by atoms with E-state index in [1.54, 1.807) is 6.07 Å². The third-order valence-electron chi connectivity index (χ3n) is 3.78. The van der Waals surface area contributed by atoms with Crippen molar-refractivity contribution in [3.63, 3.8) is 0 Å². The molecule has 25 heavy (non-hydrogen) atoms. The molecule has 1 atom stereocenters. The van der Waals surface area contributed by atoms with Crippen LogP contribution in [0.1, 0.15) is 17.2 Å². The number of rotatable bonds is 3. The molecule has 4 nitrogen and oxygen atoms in total. The van der Waals surface area contributed by atoms with Gasteiger partial charge in [0.2, 0.25) is 0 Å². The van der Waals surface area contributed by atoms with Gasteiger partial charge < -0.3 is 4.74 Å². The minimum absolute atomic E-state index is 0.0587. The molecule has 1 fully saturated rings. The summed E-state index contributed by atoms with van der Waals surface area (Å²) < 4.78 is 71.1. The number of hydrogen-bond acceptors (Lipinski definition) is 4. The van der Waals surface area contributed by atoms with Gasteiger partial charge in [-0.15, -0.1) is 11.3 Å². The number of alkyl halides is 3. The molecule has 3 rings (SSSR count). The molecule has 2 aromatic rings. The second-order valence-electron chi connectivity index (χ2n) is 5.40. The molecule has 2 heterocycles. The molecular weight excluding hydrogens is 443 g/mol. The summed E-state index contributed by atoms with van der Waals surface area (Å²) in [4.78, 5) is 0. The number of ether oxygens (including phenoxy) is 1.